The van der Waals surface area contributed by atoms with Crippen molar-refractivity contribution in [1.82, 2.24) is 14.8 Å². The summed E-state index contributed by atoms with van der Waals surface area (Å²) in [6, 6.07) is 13.0. The molecule has 6 nitrogen and oxygen atoms in total. The molecule has 0 spiro atoms. The van der Waals surface area contributed by atoms with Gasteiger partial charge in [-0.2, -0.15) is 0 Å². The summed E-state index contributed by atoms with van der Waals surface area (Å²) in [5.41, 5.74) is 0.883. The Balaban J connectivity index is 1.64. The molecule has 0 aliphatic carbocycles. The number of benzene rings is 1. The molecular formula is C20H23N3O3. The van der Waals surface area contributed by atoms with Gasteiger partial charge in [-0.25, -0.2) is 0 Å². The van der Waals surface area contributed by atoms with Gasteiger partial charge in [0.1, 0.15) is 12.4 Å². The van der Waals surface area contributed by atoms with E-state index < -0.39 is 5.92 Å². The quantitative estimate of drug-likeness (QED) is 0.798. The van der Waals surface area contributed by atoms with E-state index in [9.17, 15) is 9.59 Å². The first-order chi connectivity index (χ1) is 12.6. The van der Waals surface area contributed by atoms with Crippen molar-refractivity contribution in [3.63, 3.8) is 0 Å². The molecule has 136 valence electrons. The summed E-state index contributed by atoms with van der Waals surface area (Å²) in [7, 11) is 3.49. The molecule has 1 fully saturated rings. The van der Waals surface area contributed by atoms with Gasteiger partial charge in [0.05, 0.1) is 18.5 Å². The largest absolute Gasteiger partial charge is 0.492 e. The van der Waals surface area contributed by atoms with Crippen molar-refractivity contribution in [2.24, 2.45) is 5.92 Å². The molecule has 2 aromatic rings. The van der Waals surface area contributed by atoms with E-state index in [1.165, 1.54) is 0 Å². The standard InChI is InChI=1S/C20H23N3O3/c1-22(11-12-26-16-8-4-3-5-9-16)20(25)17-13-18(24)23(2)19(17)15-7-6-10-21-14-15/h3-10,14,17,19H,11-13H2,1-2H3/t17-,19+/m1/s1. The van der Waals surface area contributed by atoms with Crippen molar-refractivity contribution < 1.29 is 14.3 Å². The second-order valence-electron chi connectivity index (χ2n) is 6.47. The number of hydrogen-bond acceptors (Lipinski definition) is 4. The minimum absolute atomic E-state index is 0.0221. The van der Waals surface area contributed by atoms with Crippen LogP contribution in [0.3, 0.4) is 0 Å². The summed E-state index contributed by atoms with van der Waals surface area (Å²) < 4.78 is 5.66. The fourth-order valence-corrected chi connectivity index (χ4v) is 3.31. The van der Waals surface area contributed by atoms with Gasteiger partial charge in [0.2, 0.25) is 11.8 Å². The summed E-state index contributed by atoms with van der Waals surface area (Å²) in [5, 5.41) is 0. The number of likely N-dealkylation sites (tertiary alicyclic amines) is 1. The number of para-hydroxylation sites is 1. The Bertz CT molecular complexity index is 751. The zero-order chi connectivity index (χ0) is 18.5. The van der Waals surface area contributed by atoms with E-state index in [0.29, 0.717) is 13.2 Å². The van der Waals surface area contributed by atoms with Crippen molar-refractivity contribution in [3.05, 3.63) is 60.4 Å². The van der Waals surface area contributed by atoms with Gasteiger partial charge in [0.15, 0.2) is 0 Å². The molecule has 6 heteroatoms. The van der Waals surface area contributed by atoms with Crippen molar-refractivity contribution in [2.45, 2.75) is 12.5 Å². The van der Waals surface area contributed by atoms with Gasteiger partial charge in [-0.3, -0.25) is 14.6 Å². The summed E-state index contributed by atoms with van der Waals surface area (Å²) >= 11 is 0. The Morgan fingerprint density at radius 3 is 2.73 bits per heavy atom. The smallest absolute Gasteiger partial charge is 0.228 e. The third-order valence-corrected chi connectivity index (χ3v) is 4.74. The fraction of sp³-hybridized carbons (Fsp3) is 0.350. The number of amides is 2. The first kappa shape index (κ1) is 17.9. The fourth-order valence-electron chi connectivity index (χ4n) is 3.31. The number of nitrogens with zero attached hydrogens (tertiary/aromatic N) is 3. The maximum absolute atomic E-state index is 12.9. The predicted octanol–water partition coefficient (Wildman–Crippen LogP) is 2.14. The van der Waals surface area contributed by atoms with E-state index >= 15 is 0 Å². The van der Waals surface area contributed by atoms with Gasteiger partial charge >= 0.3 is 0 Å². The highest BCUT2D eigenvalue weighted by Gasteiger charge is 2.43. The highest BCUT2D eigenvalue weighted by molar-refractivity contribution is 5.90. The van der Waals surface area contributed by atoms with Gasteiger partial charge in [-0.05, 0) is 23.8 Å². The van der Waals surface area contributed by atoms with Crippen LogP contribution < -0.4 is 4.74 Å². The van der Waals surface area contributed by atoms with E-state index in [1.807, 2.05) is 42.5 Å². The Morgan fingerprint density at radius 2 is 2.04 bits per heavy atom. The number of aromatic nitrogens is 1. The zero-order valence-corrected chi connectivity index (χ0v) is 15.0. The molecule has 0 N–H and O–H groups in total. The van der Waals surface area contributed by atoms with Crippen LogP contribution in [0.5, 0.6) is 5.75 Å². The summed E-state index contributed by atoms with van der Waals surface area (Å²) in [6.45, 7) is 0.863. The zero-order valence-electron chi connectivity index (χ0n) is 15.0. The van der Waals surface area contributed by atoms with E-state index in [-0.39, 0.29) is 24.3 Å². The summed E-state index contributed by atoms with van der Waals surface area (Å²) in [6.07, 6.45) is 3.63. The molecule has 1 saturated heterocycles. The van der Waals surface area contributed by atoms with Crippen LogP contribution in [0.25, 0.3) is 0 Å². The van der Waals surface area contributed by atoms with E-state index in [1.54, 1.807) is 36.3 Å². The second-order valence-corrected chi connectivity index (χ2v) is 6.47. The number of hydrogen-bond donors (Lipinski definition) is 0. The van der Waals surface area contributed by atoms with Gasteiger partial charge < -0.3 is 14.5 Å². The van der Waals surface area contributed by atoms with Crippen LogP contribution in [-0.2, 0) is 9.59 Å². The topological polar surface area (TPSA) is 62.7 Å². The Kier molecular flexibility index (Phi) is 5.51. The molecule has 3 rings (SSSR count). The average molecular weight is 353 g/mol. The second kappa shape index (κ2) is 7.99. The molecule has 0 saturated carbocycles. The molecule has 2 atom stereocenters. The van der Waals surface area contributed by atoms with Crippen LogP contribution in [-0.4, -0.2) is 53.8 Å². The molecule has 2 heterocycles. The first-order valence-electron chi connectivity index (χ1n) is 8.66. The third-order valence-electron chi connectivity index (χ3n) is 4.74. The molecule has 1 aliphatic heterocycles. The minimum Gasteiger partial charge on any atom is -0.492 e. The summed E-state index contributed by atoms with van der Waals surface area (Å²) in [4.78, 5) is 32.6. The van der Waals surface area contributed by atoms with Gasteiger partial charge in [-0.15, -0.1) is 0 Å². The number of rotatable bonds is 6. The van der Waals surface area contributed by atoms with Crippen LogP contribution in [0.4, 0.5) is 0 Å². The molecule has 0 radical (unpaired) electrons. The molecule has 1 aromatic heterocycles. The number of pyridine rings is 1. The number of carbonyl (C=O) groups is 2. The molecule has 0 unspecified atom stereocenters. The van der Waals surface area contributed by atoms with E-state index in [0.717, 1.165) is 11.3 Å². The van der Waals surface area contributed by atoms with Crippen molar-refractivity contribution in [1.29, 1.82) is 0 Å². The van der Waals surface area contributed by atoms with Crippen molar-refractivity contribution in [2.75, 3.05) is 27.2 Å². The third kappa shape index (κ3) is 3.85. The average Bonchev–Trinajstić information content (AvgIpc) is 2.97. The number of carbonyl (C=O) groups excluding carboxylic acids is 2. The molecule has 1 aromatic carbocycles. The molecule has 0 bridgehead atoms. The van der Waals surface area contributed by atoms with Gasteiger partial charge in [0.25, 0.3) is 0 Å². The van der Waals surface area contributed by atoms with Crippen LogP contribution in [0.1, 0.15) is 18.0 Å². The van der Waals surface area contributed by atoms with E-state index in [4.69, 9.17) is 4.74 Å². The normalized spacial score (nSPS) is 19.5. The molecular weight excluding hydrogens is 330 g/mol. The van der Waals surface area contributed by atoms with Gasteiger partial charge in [0, 0.05) is 32.9 Å². The Labute approximate surface area is 153 Å². The monoisotopic (exact) mass is 353 g/mol. The number of ether oxygens (including phenoxy) is 1. The molecule has 2 amide bonds. The lowest BCUT2D eigenvalue weighted by Crippen LogP contribution is -2.38. The maximum atomic E-state index is 12.9. The lowest BCUT2D eigenvalue weighted by atomic mass is 9.93. The van der Waals surface area contributed by atoms with Crippen LogP contribution in [0, 0.1) is 5.92 Å². The minimum atomic E-state index is -0.404. The van der Waals surface area contributed by atoms with Gasteiger partial charge in [-0.1, -0.05) is 24.3 Å². The van der Waals surface area contributed by atoms with Crippen LogP contribution >= 0.6 is 0 Å². The first-order valence-corrected chi connectivity index (χ1v) is 8.66. The molecule has 26 heavy (non-hydrogen) atoms. The lowest BCUT2D eigenvalue weighted by Gasteiger charge is -2.27. The number of likely N-dealkylation sites (N-methyl/N-ethyl adjacent to an activating group) is 1. The predicted molar refractivity (Wildman–Crippen MR) is 97.4 cm³/mol. The SMILES string of the molecule is CN(CCOc1ccccc1)C(=O)[C@@H]1CC(=O)N(C)[C@H]1c1cccnc1. The Morgan fingerprint density at radius 1 is 1.27 bits per heavy atom. The highest BCUT2D eigenvalue weighted by atomic mass is 16.5. The van der Waals surface area contributed by atoms with E-state index in [2.05, 4.69) is 4.98 Å². The summed E-state index contributed by atoms with van der Waals surface area (Å²) in [5.74, 6) is 0.301. The Hall–Kier alpha value is -2.89. The maximum Gasteiger partial charge on any atom is 0.228 e. The lowest BCUT2D eigenvalue weighted by molar-refractivity contribution is -0.135. The van der Waals surface area contributed by atoms with Crippen molar-refractivity contribution >= 4 is 11.8 Å². The highest BCUT2D eigenvalue weighted by Crippen LogP contribution is 2.37. The van der Waals surface area contributed by atoms with Crippen LogP contribution in [0.15, 0.2) is 54.9 Å². The van der Waals surface area contributed by atoms with Crippen LogP contribution in [0.2, 0.25) is 0 Å². The van der Waals surface area contributed by atoms with Crippen molar-refractivity contribution in [3.8, 4) is 5.75 Å². The molecule has 1 aliphatic rings.